The van der Waals surface area contributed by atoms with Crippen molar-refractivity contribution < 1.29 is 9.47 Å². The van der Waals surface area contributed by atoms with Crippen molar-refractivity contribution in [3.05, 3.63) is 57.0 Å². The Morgan fingerprint density at radius 2 is 2.16 bits per heavy atom. The van der Waals surface area contributed by atoms with Crippen LogP contribution in [0.1, 0.15) is 29.2 Å². The van der Waals surface area contributed by atoms with Gasteiger partial charge in [-0.3, -0.25) is 9.69 Å². The van der Waals surface area contributed by atoms with Gasteiger partial charge in [0.1, 0.15) is 17.6 Å². The van der Waals surface area contributed by atoms with E-state index in [1.807, 2.05) is 13.2 Å². The van der Waals surface area contributed by atoms with Crippen LogP contribution in [0.5, 0.6) is 11.5 Å². The zero-order valence-corrected chi connectivity index (χ0v) is 15.0. The number of methoxy groups -OCH3 is 1. The van der Waals surface area contributed by atoms with Gasteiger partial charge in [-0.1, -0.05) is 0 Å². The summed E-state index contributed by atoms with van der Waals surface area (Å²) < 4.78 is 13.2. The third-order valence-electron chi connectivity index (χ3n) is 5.24. The number of aryl methyl sites for hydroxylation is 1. The van der Waals surface area contributed by atoms with Gasteiger partial charge in [0.2, 0.25) is 0 Å². The molecular formula is C20H24N2O3. The van der Waals surface area contributed by atoms with E-state index in [2.05, 4.69) is 30.0 Å². The number of ether oxygens (including phenoxy) is 2. The van der Waals surface area contributed by atoms with Crippen molar-refractivity contribution in [3.8, 4) is 11.5 Å². The van der Waals surface area contributed by atoms with Crippen LogP contribution in [0, 0.1) is 0 Å². The molecule has 0 fully saturated rings. The highest BCUT2D eigenvalue weighted by molar-refractivity contribution is 5.48. The Morgan fingerprint density at radius 1 is 1.32 bits per heavy atom. The first kappa shape index (κ1) is 16.2. The molecule has 0 aliphatic carbocycles. The third kappa shape index (κ3) is 2.93. The van der Waals surface area contributed by atoms with Crippen LogP contribution >= 0.6 is 0 Å². The molecule has 25 heavy (non-hydrogen) atoms. The van der Waals surface area contributed by atoms with Crippen molar-refractivity contribution in [2.45, 2.75) is 39.0 Å². The van der Waals surface area contributed by atoms with E-state index >= 15 is 0 Å². The quantitative estimate of drug-likeness (QED) is 0.860. The number of benzene rings is 1. The van der Waals surface area contributed by atoms with E-state index in [4.69, 9.17) is 9.47 Å². The minimum Gasteiger partial charge on any atom is -0.496 e. The first-order valence-electron chi connectivity index (χ1n) is 8.81. The molecule has 1 aromatic carbocycles. The summed E-state index contributed by atoms with van der Waals surface area (Å²) in [7, 11) is 3.52. The van der Waals surface area contributed by atoms with Gasteiger partial charge in [-0.05, 0) is 37.1 Å². The van der Waals surface area contributed by atoms with E-state index in [-0.39, 0.29) is 11.7 Å². The van der Waals surface area contributed by atoms with E-state index in [9.17, 15) is 4.79 Å². The van der Waals surface area contributed by atoms with Crippen LogP contribution in [-0.2, 0) is 33.0 Å². The van der Waals surface area contributed by atoms with Crippen LogP contribution in [-0.4, -0.2) is 29.2 Å². The summed E-state index contributed by atoms with van der Waals surface area (Å²) in [5.41, 5.74) is 4.54. The van der Waals surface area contributed by atoms with Gasteiger partial charge < -0.3 is 14.0 Å². The van der Waals surface area contributed by atoms with Crippen molar-refractivity contribution in [3.63, 3.8) is 0 Å². The van der Waals surface area contributed by atoms with Crippen LogP contribution in [0.3, 0.4) is 0 Å². The fourth-order valence-corrected chi connectivity index (χ4v) is 3.88. The second kappa shape index (κ2) is 6.23. The highest BCUT2D eigenvalue weighted by atomic mass is 16.5. The maximum Gasteiger partial charge on any atom is 0.255 e. The normalized spacial score (nSPS) is 19.2. The summed E-state index contributed by atoms with van der Waals surface area (Å²) >= 11 is 0. The Hall–Kier alpha value is -2.27. The number of hydrogen-bond donors (Lipinski definition) is 0. The van der Waals surface area contributed by atoms with Crippen LogP contribution in [0.25, 0.3) is 0 Å². The summed E-state index contributed by atoms with van der Waals surface area (Å²) in [6, 6.07) is 6.28. The van der Waals surface area contributed by atoms with Gasteiger partial charge in [-0.15, -0.1) is 0 Å². The molecule has 1 aromatic heterocycles. The number of fused-ring (bicyclic) bond motifs is 2. The molecule has 0 radical (unpaired) electrons. The Labute approximate surface area is 147 Å². The van der Waals surface area contributed by atoms with Crippen LogP contribution in [0.4, 0.5) is 0 Å². The molecule has 0 saturated carbocycles. The maximum absolute atomic E-state index is 12.4. The molecule has 132 valence electrons. The Morgan fingerprint density at radius 3 is 2.96 bits per heavy atom. The van der Waals surface area contributed by atoms with Gasteiger partial charge in [0, 0.05) is 56.0 Å². The largest absolute Gasteiger partial charge is 0.496 e. The molecule has 5 nitrogen and oxygen atoms in total. The second-order valence-corrected chi connectivity index (χ2v) is 7.10. The molecule has 0 saturated heterocycles. The van der Waals surface area contributed by atoms with Crippen LogP contribution in [0.15, 0.2) is 29.2 Å². The van der Waals surface area contributed by atoms with Gasteiger partial charge in [0.15, 0.2) is 0 Å². The standard InChI is InChI=1S/C20H24N2O3/c1-13-8-15-9-18(24-3)16(10-19(15)25-13)11-22-7-5-14-4-6-21(2)20(23)17(14)12-22/h4,6,9-10,13H,5,7-8,11-12H2,1-3H3. The lowest BCUT2D eigenvalue weighted by Crippen LogP contribution is -2.36. The van der Waals surface area contributed by atoms with E-state index in [0.717, 1.165) is 48.6 Å². The zero-order chi connectivity index (χ0) is 17.6. The van der Waals surface area contributed by atoms with Gasteiger partial charge in [0.25, 0.3) is 5.56 Å². The molecule has 0 bridgehead atoms. The van der Waals surface area contributed by atoms with Crippen molar-refractivity contribution in [1.82, 2.24) is 9.47 Å². The van der Waals surface area contributed by atoms with Crippen molar-refractivity contribution >= 4 is 0 Å². The van der Waals surface area contributed by atoms with Crippen LogP contribution in [0.2, 0.25) is 0 Å². The van der Waals surface area contributed by atoms with E-state index in [1.54, 1.807) is 11.7 Å². The predicted octanol–water partition coefficient (Wildman–Crippen LogP) is 2.28. The third-order valence-corrected chi connectivity index (χ3v) is 5.24. The first-order valence-corrected chi connectivity index (χ1v) is 8.81. The van der Waals surface area contributed by atoms with Gasteiger partial charge in [0.05, 0.1) is 7.11 Å². The molecule has 0 N–H and O–H groups in total. The lowest BCUT2D eigenvalue weighted by molar-refractivity contribution is 0.237. The van der Waals surface area contributed by atoms with Crippen molar-refractivity contribution in [2.75, 3.05) is 13.7 Å². The molecule has 2 aliphatic rings. The Balaban J connectivity index is 1.60. The molecule has 0 spiro atoms. The molecule has 1 unspecified atom stereocenters. The summed E-state index contributed by atoms with van der Waals surface area (Å²) in [4.78, 5) is 14.7. The van der Waals surface area contributed by atoms with E-state index < -0.39 is 0 Å². The summed E-state index contributed by atoms with van der Waals surface area (Å²) in [6.07, 6.45) is 3.92. The molecule has 5 heteroatoms. The maximum atomic E-state index is 12.4. The lowest BCUT2D eigenvalue weighted by atomic mass is 10.0. The number of rotatable bonds is 3. The Bertz CT molecular complexity index is 872. The summed E-state index contributed by atoms with van der Waals surface area (Å²) in [5.74, 6) is 1.87. The number of aromatic nitrogens is 1. The number of hydrogen-bond acceptors (Lipinski definition) is 4. The SMILES string of the molecule is COc1cc2c(cc1CN1CCc3ccn(C)c(=O)c3C1)OC(C)C2. The molecular weight excluding hydrogens is 316 g/mol. The molecule has 4 rings (SSSR count). The summed E-state index contributed by atoms with van der Waals surface area (Å²) in [6.45, 7) is 4.47. The fraction of sp³-hybridized carbons (Fsp3) is 0.450. The summed E-state index contributed by atoms with van der Waals surface area (Å²) in [5, 5.41) is 0. The average Bonchev–Trinajstić information content (AvgIpc) is 2.96. The van der Waals surface area contributed by atoms with Crippen molar-refractivity contribution in [2.24, 2.45) is 7.05 Å². The predicted molar refractivity (Wildman–Crippen MR) is 96.3 cm³/mol. The topological polar surface area (TPSA) is 43.7 Å². The smallest absolute Gasteiger partial charge is 0.255 e. The number of nitrogens with zero attached hydrogens (tertiary/aromatic N) is 2. The van der Waals surface area contributed by atoms with Crippen molar-refractivity contribution in [1.29, 1.82) is 0 Å². The van der Waals surface area contributed by atoms with Gasteiger partial charge in [-0.25, -0.2) is 0 Å². The lowest BCUT2D eigenvalue weighted by Gasteiger charge is -2.29. The molecule has 2 aliphatic heterocycles. The minimum absolute atomic E-state index is 0.111. The molecule has 2 aromatic rings. The minimum atomic E-state index is 0.111. The average molecular weight is 340 g/mol. The highest BCUT2D eigenvalue weighted by Crippen LogP contribution is 2.35. The monoisotopic (exact) mass is 340 g/mol. The van der Waals surface area contributed by atoms with Gasteiger partial charge >= 0.3 is 0 Å². The Kier molecular flexibility index (Phi) is 4.04. The van der Waals surface area contributed by atoms with Gasteiger partial charge in [-0.2, -0.15) is 0 Å². The number of pyridine rings is 1. The highest BCUT2D eigenvalue weighted by Gasteiger charge is 2.24. The second-order valence-electron chi connectivity index (χ2n) is 7.10. The first-order chi connectivity index (χ1) is 12.0. The van der Waals surface area contributed by atoms with E-state index in [1.165, 1.54) is 11.1 Å². The molecule has 3 heterocycles. The molecule has 0 amide bonds. The fourth-order valence-electron chi connectivity index (χ4n) is 3.88. The molecule has 1 atom stereocenters. The van der Waals surface area contributed by atoms with E-state index in [0.29, 0.717) is 6.54 Å². The zero-order valence-electron chi connectivity index (χ0n) is 15.0. The van der Waals surface area contributed by atoms with Crippen LogP contribution < -0.4 is 15.0 Å².